The number of carbonyl (C=O) groups is 2. The van der Waals surface area contributed by atoms with Gasteiger partial charge < -0.3 is 9.80 Å². The van der Waals surface area contributed by atoms with Crippen LogP contribution in [-0.2, 0) is 4.79 Å². The largest absolute Gasteiger partial charge is 0.368 e. The number of carbonyl (C=O) groups excluding carboxylic acids is 2. The van der Waals surface area contributed by atoms with E-state index in [0.29, 0.717) is 25.2 Å². The molecule has 0 radical (unpaired) electrons. The summed E-state index contributed by atoms with van der Waals surface area (Å²) < 4.78 is 0. The first-order chi connectivity index (χ1) is 14.9. The van der Waals surface area contributed by atoms with Gasteiger partial charge in [-0.2, -0.15) is 0 Å². The molecular weight excluding hydrogens is 398 g/mol. The molecule has 0 aliphatic carbocycles. The molecule has 2 N–H and O–H groups in total. The normalized spacial score (nSPS) is 21.2. The van der Waals surface area contributed by atoms with Crippen molar-refractivity contribution in [3.8, 4) is 0 Å². The summed E-state index contributed by atoms with van der Waals surface area (Å²) in [4.78, 5) is 39.2. The molecule has 9 heteroatoms. The summed E-state index contributed by atoms with van der Waals surface area (Å²) in [6.07, 6.45) is 0. The molecule has 2 aromatic rings. The van der Waals surface area contributed by atoms with E-state index in [-0.39, 0.29) is 29.3 Å². The molecule has 0 aromatic heterocycles. The van der Waals surface area contributed by atoms with Crippen LogP contribution in [0.4, 0.5) is 11.4 Å². The Kier molecular flexibility index (Phi) is 5.97. The number of ketones is 1. The van der Waals surface area contributed by atoms with E-state index >= 15 is 0 Å². The van der Waals surface area contributed by atoms with E-state index in [0.717, 1.165) is 24.3 Å². The van der Waals surface area contributed by atoms with Gasteiger partial charge in [0.2, 0.25) is 5.91 Å². The van der Waals surface area contributed by atoms with Crippen LogP contribution in [0.2, 0.25) is 0 Å². The van der Waals surface area contributed by atoms with E-state index in [4.69, 9.17) is 0 Å². The molecule has 2 aromatic carbocycles. The van der Waals surface area contributed by atoms with Crippen molar-refractivity contribution in [2.24, 2.45) is 5.92 Å². The third-order valence-electron chi connectivity index (χ3n) is 5.99. The summed E-state index contributed by atoms with van der Waals surface area (Å²) in [7, 11) is 0. The molecule has 2 unspecified atom stereocenters. The molecule has 2 heterocycles. The van der Waals surface area contributed by atoms with Crippen molar-refractivity contribution in [1.82, 2.24) is 15.8 Å². The number of benzene rings is 2. The molecule has 0 bridgehead atoms. The summed E-state index contributed by atoms with van der Waals surface area (Å²) in [5.74, 6) is -0.154. The number of piperazine rings is 1. The Morgan fingerprint density at radius 2 is 1.65 bits per heavy atom. The van der Waals surface area contributed by atoms with Crippen molar-refractivity contribution in [1.29, 1.82) is 0 Å². The van der Waals surface area contributed by atoms with Gasteiger partial charge >= 0.3 is 0 Å². The first kappa shape index (κ1) is 21.0. The van der Waals surface area contributed by atoms with Crippen molar-refractivity contribution in [3.05, 3.63) is 69.8 Å². The number of hydrogen-bond acceptors (Lipinski definition) is 7. The van der Waals surface area contributed by atoms with Gasteiger partial charge in [0, 0.05) is 56.1 Å². The number of nitro benzene ring substituents is 1. The summed E-state index contributed by atoms with van der Waals surface area (Å²) >= 11 is 0. The summed E-state index contributed by atoms with van der Waals surface area (Å²) in [6, 6.07) is 13.7. The highest BCUT2D eigenvalue weighted by Crippen LogP contribution is 2.28. The zero-order valence-corrected chi connectivity index (χ0v) is 17.3. The molecule has 2 aliphatic rings. The van der Waals surface area contributed by atoms with Crippen molar-refractivity contribution in [2.45, 2.75) is 13.0 Å². The predicted octanol–water partition coefficient (Wildman–Crippen LogP) is 1.91. The zero-order chi connectivity index (χ0) is 22.0. The fraction of sp³-hybridized carbons (Fsp3) is 0.364. The van der Waals surface area contributed by atoms with Crippen LogP contribution in [0.3, 0.4) is 0 Å². The number of nitrogens with one attached hydrogen (secondary N) is 2. The Bertz CT molecular complexity index is 968. The molecule has 2 saturated heterocycles. The van der Waals surface area contributed by atoms with Crippen LogP contribution in [0.1, 0.15) is 28.9 Å². The monoisotopic (exact) mass is 423 g/mol. The molecule has 2 atom stereocenters. The maximum Gasteiger partial charge on any atom is 0.269 e. The van der Waals surface area contributed by atoms with E-state index in [9.17, 15) is 19.7 Å². The van der Waals surface area contributed by atoms with Crippen molar-refractivity contribution < 1.29 is 14.5 Å². The van der Waals surface area contributed by atoms with E-state index in [1.165, 1.54) is 12.1 Å². The lowest BCUT2D eigenvalue weighted by Crippen LogP contribution is -2.51. The Labute approximate surface area is 180 Å². The zero-order valence-electron chi connectivity index (χ0n) is 17.3. The van der Waals surface area contributed by atoms with E-state index in [1.807, 2.05) is 29.2 Å². The number of hydrogen-bond donors (Lipinski definition) is 2. The molecule has 2 fully saturated rings. The number of nitrogens with zero attached hydrogens (tertiary/aromatic N) is 3. The molecule has 2 aliphatic heterocycles. The number of anilines is 1. The number of non-ortho nitro benzene ring substituents is 1. The van der Waals surface area contributed by atoms with E-state index in [1.54, 1.807) is 19.1 Å². The third-order valence-corrected chi connectivity index (χ3v) is 5.99. The number of nitro groups is 1. The van der Waals surface area contributed by atoms with Gasteiger partial charge in [-0.25, -0.2) is 5.43 Å². The lowest BCUT2D eigenvalue weighted by Gasteiger charge is -2.37. The van der Waals surface area contributed by atoms with E-state index in [2.05, 4.69) is 15.8 Å². The number of rotatable bonds is 5. The highest BCUT2D eigenvalue weighted by Gasteiger charge is 2.37. The molecule has 31 heavy (non-hydrogen) atoms. The first-order valence-electron chi connectivity index (χ1n) is 10.3. The second-order valence-corrected chi connectivity index (χ2v) is 7.87. The minimum atomic E-state index is -0.431. The maximum absolute atomic E-state index is 13.2. The number of Topliss-reactive ketones (excluding diaryl/α,β-unsaturated/α-hetero) is 1. The molecule has 1 amide bonds. The number of hydrazine groups is 1. The third kappa shape index (κ3) is 4.42. The van der Waals surface area contributed by atoms with Gasteiger partial charge in [-0.05, 0) is 36.8 Å². The minimum absolute atomic E-state index is 0.0324. The Balaban J connectivity index is 1.38. The van der Waals surface area contributed by atoms with Crippen LogP contribution in [0.25, 0.3) is 0 Å². The highest BCUT2D eigenvalue weighted by molar-refractivity contribution is 5.94. The van der Waals surface area contributed by atoms with Crippen LogP contribution in [0.15, 0.2) is 48.5 Å². The molecule has 9 nitrogen and oxygen atoms in total. The highest BCUT2D eigenvalue weighted by atomic mass is 16.6. The Morgan fingerprint density at radius 1 is 1.00 bits per heavy atom. The number of amides is 1. The standard InChI is InChI=1S/C22H25N5O4/c1-15(28)16-2-6-18(7-3-16)25-10-12-26(13-11-25)22(29)20-14-23-24-21(20)17-4-8-19(9-5-17)27(30)31/h2-9,20-21,23-24H,10-14H2,1H3. The molecule has 4 rings (SSSR count). The van der Waals surface area contributed by atoms with Gasteiger partial charge in [0.15, 0.2) is 5.78 Å². The average Bonchev–Trinajstić information content (AvgIpc) is 3.29. The second-order valence-electron chi connectivity index (χ2n) is 7.87. The topological polar surface area (TPSA) is 108 Å². The van der Waals surface area contributed by atoms with Gasteiger partial charge in [0.25, 0.3) is 5.69 Å². The summed E-state index contributed by atoms with van der Waals surface area (Å²) in [6.45, 7) is 4.75. The summed E-state index contributed by atoms with van der Waals surface area (Å²) in [5, 5.41) is 10.9. The van der Waals surface area contributed by atoms with Gasteiger partial charge in [-0.15, -0.1) is 0 Å². The van der Waals surface area contributed by atoms with E-state index < -0.39 is 4.92 Å². The lowest BCUT2D eigenvalue weighted by atomic mass is 9.93. The molecule has 0 spiro atoms. The first-order valence-corrected chi connectivity index (χ1v) is 10.3. The van der Waals surface area contributed by atoms with Gasteiger partial charge in [-0.1, -0.05) is 12.1 Å². The van der Waals surface area contributed by atoms with Crippen molar-refractivity contribution >= 4 is 23.1 Å². The quantitative estimate of drug-likeness (QED) is 0.430. The van der Waals surface area contributed by atoms with Crippen LogP contribution >= 0.6 is 0 Å². The second kappa shape index (κ2) is 8.83. The Hall–Kier alpha value is -3.30. The van der Waals surface area contributed by atoms with Crippen LogP contribution in [0.5, 0.6) is 0 Å². The van der Waals surface area contributed by atoms with Crippen LogP contribution < -0.4 is 15.8 Å². The van der Waals surface area contributed by atoms with Gasteiger partial charge in [0.1, 0.15) is 0 Å². The van der Waals surface area contributed by atoms with Crippen molar-refractivity contribution in [3.63, 3.8) is 0 Å². The Morgan fingerprint density at radius 3 is 2.23 bits per heavy atom. The lowest BCUT2D eigenvalue weighted by molar-refractivity contribution is -0.384. The summed E-state index contributed by atoms with van der Waals surface area (Å²) in [5.41, 5.74) is 8.81. The molecule has 0 saturated carbocycles. The van der Waals surface area contributed by atoms with Crippen LogP contribution in [-0.4, -0.2) is 54.2 Å². The van der Waals surface area contributed by atoms with Crippen molar-refractivity contribution in [2.75, 3.05) is 37.6 Å². The fourth-order valence-corrected chi connectivity index (χ4v) is 4.17. The molecule has 162 valence electrons. The van der Waals surface area contributed by atoms with Crippen LogP contribution in [0, 0.1) is 16.0 Å². The smallest absolute Gasteiger partial charge is 0.269 e. The average molecular weight is 423 g/mol. The molecular formula is C22H25N5O4. The maximum atomic E-state index is 13.2. The minimum Gasteiger partial charge on any atom is -0.368 e. The fourth-order valence-electron chi connectivity index (χ4n) is 4.17. The predicted molar refractivity (Wildman–Crippen MR) is 116 cm³/mol. The van der Waals surface area contributed by atoms with Gasteiger partial charge in [-0.3, -0.25) is 25.1 Å². The van der Waals surface area contributed by atoms with Gasteiger partial charge in [0.05, 0.1) is 16.9 Å². The SMILES string of the molecule is CC(=O)c1ccc(N2CCN(C(=O)C3CNNC3c3ccc([N+](=O)[O-])cc3)CC2)cc1.